The van der Waals surface area contributed by atoms with Crippen LogP contribution in [0.15, 0.2) is 52.5 Å². The topological polar surface area (TPSA) is 35.5 Å². The quantitative estimate of drug-likeness (QED) is 0.324. The summed E-state index contributed by atoms with van der Waals surface area (Å²) in [5.74, 6) is 0.709. The molecule has 0 amide bonds. The number of benzene rings is 1. The summed E-state index contributed by atoms with van der Waals surface area (Å²) in [4.78, 5) is 10.8. The first kappa shape index (κ1) is 22.2. The zero-order valence-corrected chi connectivity index (χ0v) is 18.1. The molecule has 1 aromatic rings. The molecule has 1 aromatic carbocycles. The van der Waals surface area contributed by atoms with Crippen LogP contribution < -0.4 is 4.74 Å². The van der Waals surface area contributed by atoms with E-state index in [0.717, 1.165) is 22.4 Å². The molecular formula is C22H29BrO3. The van der Waals surface area contributed by atoms with Crippen molar-refractivity contribution in [1.82, 2.24) is 0 Å². The van der Waals surface area contributed by atoms with Gasteiger partial charge >= 0.3 is 5.97 Å². The number of fused-ring (bicyclic) bond motifs is 1. The third-order valence-electron chi connectivity index (χ3n) is 3.64. The van der Waals surface area contributed by atoms with Crippen LogP contribution in [-0.2, 0) is 9.53 Å². The molecule has 4 heteroatoms. The molecule has 0 aromatic heterocycles. The Kier molecular flexibility index (Phi) is 8.86. The Hall–Kier alpha value is -1.81. The van der Waals surface area contributed by atoms with E-state index in [4.69, 9.17) is 9.47 Å². The van der Waals surface area contributed by atoms with Crippen LogP contribution in [0.3, 0.4) is 0 Å². The fraction of sp³-hybridized carbons (Fsp3) is 0.409. The molecule has 0 N–H and O–H groups in total. The number of esters is 1. The summed E-state index contributed by atoms with van der Waals surface area (Å²) in [6.45, 7) is 13.2. The van der Waals surface area contributed by atoms with Crippen LogP contribution in [0.25, 0.3) is 5.57 Å². The van der Waals surface area contributed by atoms with Crippen LogP contribution in [0.2, 0.25) is 0 Å². The zero-order valence-electron chi connectivity index (χ0n) is 16.6. The van der Waals surface area contributed by atoms with E-state index in [2.05, 4.69) is 48.8 Å². The van der Waals surface area contributed by atoms with E-state index in [-0.39, 0.29) is 11.4 Å². The molecule has 0 bridgehead atoms. The summed E-state index contributed by atoms with van der Waals surface area (Å²) in [5, 5.41) is 0. The summed E-state index contributed by atoms with van der Waals surface area (Å²) in [6, 6.07) is 6.16. The molecule has 0 saturated heterocycles. The van der Waals surface area contributed by atoms with Gasteiger partial charge in [0.2, 0.25) is 0 Å². The summed E-state index contributed by atoms with van der Waals surface area (Å²) < 4.78 is 11.6. The average Bonchev–Trinajstić information content (AvgIpc) is 2.64. The molecule has 2 rings (SSSR count). The van der Waals surface area contributed by atoms with Crippen LogP contribution in [0, 0.1) is 5.41 Å². The van der Waals surface area contributed by atoms with Gasteiger partial charge in [-0.2, -0.15) is 0 Å². The van der Waals surface area contributed by atoms with E-state index in [1.54, 1.807) is 6.92 Å². The standard InChI is InChI=1S/C13H15BrO.C9H14O2/c1-9-7-13(2,3)8-15-12-5-4-10(14)6-11(9)12;1-4-6-8(3)7-9(10)11-5-2/h4-7H,8H2,1-3H3;4,6-7H,5H2,1-3H3/b;6-4+,8-7+. The molecule has 142 valence electrons. The van der Waals surface area contributed by atoms with Gasteiger partial charge in [0.1, 0.15) is 5.75 Å². The van der Waals surface area contributed by atoms with Gasteiger partial charge in [-0.3, -0.25) is 0 Å². The maximum atomic E-state index is 10.8. The maximum absolute atomic E-state index is 10.8. The number of rotatable bonds is 3. The number of carbonyl (C=O) groups excluding carboxylic acids is 1. The molecule has 0 aliphatic carbocycles. The van der Waals surface area contributed by atoms with Crippen molar-refractivity contribution in [1.29, 1.82) is 0 Å². The van der Waals surface area contributed by atoms with Crippen molar-refractivity contribution in [2.75, 3.05) is 13.2 Å². The number of carbonyl (C=O) groups is 1. The van der Waals surface area contributed by atoms with Crippen LogP contribution in [0.5, 0.6) is 5.75 Å². The first-order chi connectivity index (χ1) is 12.2. The number of ether oxygens (including phenoxy) is 2. The van der Waals surface area contributed by atoms with Gasteiger partial charge in [-0.15, -0.1) is 0 Å². The molecule has 1 heterocycles. The largest absolute Gasteiger partial charge is 0.492 e. The van der Waals surface area contributed by atoms with E-state index in [0.29, 0.717) is 6.61 Å². The van der Waals surface area contributed by atoms with E-state index in [1.165, 1.54) is 17.2 Å². The molecule has 0 atom stereocenters. The second-order valence-electron chi connectivity index (χ2n) is 6.89. The fourth-order valence-electron chi connectivity index (χ4n) is 2.59. The minimum atomic E-state index is -0.275. The van der Waals surface area contributed by atoms with Gasteiger partial charge in [0.05, 0.1) is 13.2 Å². The molecular weight excluding hydrogens is 392 g/mol. The number of hydrogen-bond donors (Lipinski definition) is 0. The normalized spacial score (nSPS) is 15.8. The molecule has 0 unspecified atom stereocenters. The molecule has 1 aliphatic rings. The van der Waals surface area contributed by atoms with Gasteiger partial charge in [0.15, 0.2) is 0 Å². The Labute approximate surface area is 165 Å². The fourth-order valence-corrected chi connectivity index (χ4v) is 2.95. The van der Waals surface area contributed by atoms with Crippen LogP contribution in [0.4, 0.5) is 0 Å². The van der Waals surface area contributed by atoms with Gasteiger partial charge in [0.25, 0.3) is 0 Å². The lowest BCUT2D eigenvalue weighted by atomic mass is 9.91. The summed E-state index contributed by atoms with van der Waals surface area (Å²) >= 11 is 3.49. The van der Waals surface area contributed by atoms with Gasteiger partial charge in [-0.05, 0) is 57.0 Å². The first-order valence-corrected chi connectivity index (χ1v) is 9.57. The van der Waals surface area contributed by atoms with Crippen molar-refractivity contribution in [3.8, 4) is 5.75 Å². The second kappa shape index (κ2) is 10.4. The van der Waals surface area contributed by atoms with Crippen molar-refractivity contribution < 1.29 is 14.3 Å². The Bertz CT molecular complexity index is 712. The average molecular weight is 421 g/mol. The summed E-state index contributed by atoms with van der Waals surface area (Å²) in [6.07, 6.45) is 7.50. The van der Waals surface area contributed by atoms with E-state index in [1.807, 2.05) is 38.1 Å². The third kappa shape index (κ3) is 7.61. The summed E-state index contributed by atoms with van der Waals surface area (Å²) in [5.41, 5.74) is 3.49. The molecule has 0 saturated carbocycles. The monoisotopic (exact) mass is 420 g/mol. The highest BCUT2D eigenvalue weighted by atomic mass is 79.9. The zero-order chi connectivity index (χ0) is 19.7. The Morgan fingerprint density at radius 1 is 1.38 bits per heavy atom. The third-order valence-corrected chi connectivity index (χ3v) is 4.13. The van der Waals surface area contributed by atoms with Gasteiger partial charge in [0, 0.05) is 21.5 Å². The molecule has 0 radical (unpaired) electrons. The maximum Gasteiger partial charge on any atom is 0.330 e. The highest BCUT2D eigenvalue weighted by Crippen LogP contribution is 2.36. The molecule has 3 nitrogen and oxygen atoms in total. The molecule has 0 fully saturated rings. The van der Waals surface area contributed by atoms with Gasteiger partial charge < -0.3 is 9.47 Å². The van der Waals surface area contributed by atoms with Crippen LogP contribution in [-0.4, -0.2) is 19.2 Å². The van der Waals surface area contributed by atoms with E-state index < -0.39 is 0 Å². The Morgan fingerprint density at radius 2 is 2.08 bits per heavy atom. The molecule has 1 aliphatic heterocycles. The number of allylic oxidation sites excluding steroid dienone is 4. The summed E-state index contributed by atoms with van der Waals surface area (Å²) in [7, 11) is 0. The number of hydrogen-bond acceptors (Lipinski definition) is 3. The minimum absolute atomic E-state index is 0.107. The van der Waals surface area contributed by atoms with Crippen molar-refractivity contribution >= 4 is 27.5 Å². The first-order valence-electron chi connectivity index (χ1n) is 8.78. The van der Waals surface area contributed by atoms with Crippen LogP contribution in [0.1, 0.15) is 47.1 Å². The van der Waals surface area contributed by atoms with Gasteiger partial charge in [-0.25, -0.2) is 4.79 Å². The van der Waals surface area contributed by atoms with Gasteiger partial charge in [-0.1, -0.05) is 48.0 Å². The van der Waals surface area contributed by atoms with Crippen molar-refractivity contribution in [3.05, 3.63) is 58.1 Å². The molecule has 0 spiro atoms. The highest BCUT2D eigenvalue weighted by molar-refractivity contribution is 9.10. The van der Waals surface area contributed by atoms with Crippen molar-refractivity contribution in [2.24, 2.45) is 5.41 Å². The lowest BCUT2D eigenvalue weighted by Crippen LogP contribution is -2.17. The predicted octanol–water partition coefficient (Wildman–Crippen LogP) is 6.34. The van der Waals surface area contributed by atoms with E-state index in [9.17, 15) is 4.79 Å². The SMILES string of the molecule is C/C=C/C(C)=C/C(=O)OCC.CC1=CC(C)(C)COc2ccc(Br)cc21. The van der Waals surface area contributed by atoms with Crippen molar-refractivity contribution in [2.45, 2.75) is 41.5 Å². The lowest BCUT2D eigenvalue weighted by Gasteiger charge is -2.18. The number of halogens is 1. The Morgan fingerprint density at radius 3 is 2.69 bits per heavy atom. The van der Waals surface area contributed by atoms with Crippen molar-refractivity contribution in [3.63, 3.8) is 0 Å². The van der Waals surface area contributed by atoms with Crippen LogP contribution >= 0.6 is 15.9 Å². The van der Waals surface area contributed by atoms with E-state index >= 15 is 0 Å². The highest BCUT2D eigenvalue weighted by Gasteiger charge is 2.21. The smallest absolute Gasteiger partial charge is 0.330 e. The molecule has 26 heavy (non-hydrogen) atoms. The second-order valence-corrected chi connectivity index (χ2v) is 7.80. The predicted molar refractivity (Wildman–Crippen MR) is 112 cm³/mol. The minimum Gasteiger partial charge on any atom is -0.492 e. The lowest BCUT2D eigenvalue weighted by molar-refractivity contribution is -0.137. The Balaban J connectivity index is 0.000000276.